The molecule has 0 bridgehead atoms. The van der Waals surface area contributed by atoms with Crippen LogP contribution in [0.2, 0.25) is 0 Å². The number of nitrogens with one attached hydrogen (secondary N) is 2. The Morgan fingerprint density at radius 3 is 2.50 bits per heavy atom. The highest BCUT2D eigenvalue weighted by Gasteiger charge is 2.42. The van der Waals surface area contributed by atoms with Crippen molar-refractivity contribution in [1.29, 1.82) is 0 Å². The first-order chi connectivity index (χ1) is 10.4. The number of guanidine groups is 1. The smallest absolute Gasteiger partial charge is 0.230 e. The molecule has 0 heterocycles. The number of aliphatic imine (C=N–C) groups is 1. The third kappa shape index (κ3) is 5.16. The number of rotatable bonds is 7. The summed E-state index contributed by atoms with van der Waals surface area (Å²) in [6.07, 6.45) is 4.08. The fraction of sp³-hybridized carbons (Fsp3) is 0.875. The molecule has 6 nitrogen and oxygen atoms in total. The lowest BCUT2D eigenvalue weighted by Crippen LogP contribution is -2.46. The van der Waals surface area contributed by atoms with Crippen LogP contribution in [0.4, 0.5) is 0 Å². The van der Waals surface area contributed by atoms with Gasteiger partial charge in [-0.25, -0.2) is 0 Å². The van der Waals surface area contributed by atoms with Crippen LogP contribution in [-0.2, 0) is 9.53 Å². The topological polar surface area (TPSA) is 66.0 Å². The van der Waals surface area contributed by atoms with Crippen LogP contribution in [0.3, 0.4) is 0 Å². The monoisotopic (exact) mass is 312 g/mol. The van der Waals surface area contributed by atoms with Crippen molar-refractivity contribution in [3.05, 3.63) is 0 Å². The van der Waals surface area contributed by atoms with Crippen LogP contribution >= 0.6 is 0 Å². The fourth-order valence-corrected chi connectivity index (χ4v) is 3.04. The highest BCUT2D eigenvalue weighted by atomic mass is 16.5. The molecule has 22 heavy (non-hydrogen) atoms. The van der Waals surface area contributed by atoms with Gasteiger partial charge in [-0.15, -0.1) is 0 Å². The Morgan fingerprint density at radius 1 is 1.36 bits per heavy atom. The Balaban J connectivity index is 2.78. The van der Waals surface area contributed by atoms with Gasteiger partial charge in [0.2, 0.25) is 5.91 Å². The molecule has 1 atom stereocenters. The molecule has 0 radical (unpaired) electrons. The average Bonchev–Trinajstić information content (AvgIpc) is 2.94. The van der Waals surface area contributed by atoms with E-state index in [1.165, 1.54) is 0 Å². The maximum Gasteiger partial charge on any atom is 0.230 e. The van der Waals surface area contributed by atoms with E-state index in [0.29, 0.717) is 13.2 Å². The van der Waals surface area contributed by atoms with Crippen LogP contribution in [0.5, 0.6) is 0 Å². The average molecular weight is 312 g/mol. The largest absolute Gasteiger partial charge is 0.383 e. The van der Waals surface area contributed by atoms with Crippen molar-refractivity contribution in [2.24, 2.45) is 10.4 Å². The van der Waals surface area contributed by atoms with Crippen molar-refractivity contribution >= 4 is 11.9 Å². The van der Waals surface area contributed by atoms with Gasteiger partial charge in [0.1, 0.15) is 0 Å². The third-order valence-corrected chi connectivity index (χ3v) is 4.10. The number of nitrogens with zero attached hydrogens (tertiary/aromatic N) is 2. The normalized spacial score (nSPS) is 18.9. The lowest BCUT2D eigenvalue weighted by atomic mass is 9.85. The summed E-state index contributed by atoms with van der Waals surface area (Å²) in [5, 5.41) is 6.56. The van der Waals surface area contributed by atoms with E-state index in [0.717, 1.165) is 38.2 Å². The highest BCUT2D eigenvalue weighted by Crippen LogP contribution is 2.39. The zero-order valence-corrected chi connectivity index (χ0v) is 14.7. The lowest BCUT2D eigenvalue weighted by molar-refractivity contribution is -0.138. The third-order valence-electron chi connectivity index (χ3n) is 4.10. The number of ether oxygens (including phenoxy) is 1. The summed E-state index contributed by atoms with van der Waals surface area (Å²) in [5.74, 6) is 0.958. The Morgan fingerprint density at radius 2 is 2.00 bits per heavy atom. The minimum atomic E-state index is -0.323. The molecular formula is C16H32N4O2. The van der Waals surface area contributed by atoms with Gasteiger partial charge in [-0.3, -0.25) is 9.79 Å². The first-order valence-electron chi connectivity index (χ1n) is 8.20. The van der Waals surface area contributed by atoms with E-state index in [4.69, 9.17) is 4.74 Å². The quantitative estimate of drug-likeness (QED) is 0.548. The van der Waals surface area contributed by atoms with Crippen LogP contribution in [0, 0.1) is 5.41 Å². The molecule has 0 spiro atoms. The van der Waals surface area contributed by atoms with E-state index < -0.39 is 0 Å². The SMILES string of the molecule is CCNC(=NCC1(C(=O)N(C)C)CCCC1)NC(C)COC. The van der Waals surface area contributed by atoms with Gasteiger partial charge >= 0.3 is 0 Å². The molecule has 1 aliphatic rings. The zero-order valence-electron chi connectivity index (χ0n) is 14.7. The second-order valence-corrected chi connectivity index (χ2v) is 6.38. The predicted molar refractivity (Wildman–Crippen MR) is 90.0 cm³/mol. The lowest BCUT2D eigenvalue weighted by Gasteiger charge is -2.29. The van der Waals surface area contributed by atoms with Gasteiger partial charge < -0.3 is 20.3 Å². The van der Waals surface area contributed by atoms with E-state index >= 15 is 0 Å². The summed E-state index contributed by atoms with van der Waals surface area (Å²) in [6.45, 7) is 6.03. The maximum absolute atomic E-state index is 12.6. The number of methoxy groups -OCH3 is 1. The summed E-state index contributed by atoms with van der Waals surface area (Å²) < 4.78 is 5.14. The van der Waals surface area contributed by atoms with Crippen molar-refractivity contribution in [2.45, 2.75) is 45.6 Å². The Labute approximate surface area is 134 Å². The zero-order chi connectivity index (χ0) is 16.6. The number of carbonyl (C=O) groups is 1. The van der Waals surface area contributed by atoms with Crippen molar-refractivity contribution in [3.63, 3.8) is 0 Å². The molecule has 128 valence electrons. The number of carbonyl (C=O) groups excluding carboxylic acids is 1. The number of amides is 1. The Kier molecular flexibility index (Phi) is 7.65. The molecule has 0 aromatic carbocycles. The van der Waals surface area contributed by atoms with Crippen molar-refractivity contribution in [1.82, 2.24) is 15.5 Å². The summed E-state index contributed by atoms with van der Waals surface area (Å²) in [5.41, 5.74) is -0.323. The van der Waals surface area contributed by atoms with Gasteiger partial charge in [-0.05, 0) is 26.7 Å². The Bertz CT molecular complexity index is 376. The molecule has 6 heteroatoms. The molecule has 0 aliphatic heterocycles. The van der Waals surface area contributed by atoms with Gasteiger partial charge in [-0.2, -0.15) is 0 Å². The van der Waals surface area contributed by atoms with Gasteiger partial charge in [0.05, 0.1) is 18.6 Å². The van der Waals surface area contributed by atoms with Crippen molar-refractivity contribution in [2.75, 3.05) is 40.9 Å². The molecule has 2 N–H and O–H groups in total. The molecule has 1 unspecified atom stereocenters. The Hall–Kier alpha value is -1.30. The summed E-state index contributed by atoms with van der Waals surface area (Å²) in [7, 11) is 5.35. The van der Waals surface area contributed by atoms with E-state index in [1.54, 1.807) is 12.0 Å². The minimum Gasteiger partial charge on any atom is -0.383 e. The van der Waals surface area contributed by atoms with Crippen LogP contribution in [0.25, 0.3) is 0 Å². The summed E-state index contributed by atoms with van der Waals surface area (Å²) >= 11 is 0. The standard InChI is InChI=1S/C16H32N4O2/c1-6-17-15(19-13(2)11-22-5)18-12-16(9-7-8-10-16)14(21)20(3)4/h13H,6-12H2,1-5H3,(H2,17,18,19). The maximum atomic E-state index is 12.6. The van der Waals surface area contributed by atoms with Crippen LogP contribution in [0.1, 0.15) is 39.5 Å². The molecule has 1 saturated carbocycles. The number of hydrogen-bond donors (Lipinski definition) is 2. The van der Waals surface area contributed by atoms with Gasteiger partial charge in [0, 0.05) is 33.8 Å². The molecule has 1 fully saturated rings. The molecule has 0 saturated heterocycles. The fourth-order valence-electron chi connectivity index (χ4n) is 3.04. The molecular weight excluding hydrogens is 280 g/mol. The molecule has 0 aromatic rings. The van der Waals surface area contributed by atoms with E-state index in [1.807, 2.05) is 27.9 Å². The number of hydrogen-bond acceptors (Lipinski definition) is 3. The van der Waals surface area contributed by atoms with Crippen molar-refractivity contribution < 1.29 is 9.53 Å². The van der Waals surface area contributed by atoms with Crippen LogP contribution in [-0.4, -0.2) is 63.7 Å². The second kappa shape index (κ2) is 8.98. The minimum absolute atomic E-state index is 0.173. The second-order valence-electron chi connectivity index (χ2n) is 6.38. The molecule has 1 rings (SSSR count). The first-order valence-corrected chi connectivity index (χ1v) is 8.20. The highest BCUT2D eigenvalue weighted by molar-refractivity contribution is 5.84. The first kappa shape index (κ1) is 18.7. The van der Waals surface area contributed by atoms with Crippen molar-refractivity contribution in [3.8, 4) is 0 Å². The van der Waals surface area contributed by atoms with Crippen LogP contribution in [0.15, 0.2) is 4.99 Å². The molecule has 1 amide bonds. The van der Waals surface area contributed by atoms with E-state index in [9.17, 15) is 4.79 Å². The summed E-state index contributed by atoms with van der Waals surface area (Å²) in [6, 6.07) is 0.173. The molecule has 1 aliphatic carbocycles. The summed E-state index contributed by atoms with van der Waals surface area (Å²) in [4.78, 5) is 18.9. The van der Waals surface area contributed by atoms with Crippen LogP contribution < -0.4 is 10.6 Å². The van der Waals surface area contributed by atoms with Gasteiger partial charge in [0.25, 0.3) is 0 Å². The molecule has 0 aromatic heterocycles. The predicted octanol–water partition coefficient (Wildman–Crippen LogP) is 1.23. The van der Waals surface area contributed by atoms with E-state index in [2.05, 4.69) is 15.6 Å². The van der Waals surface area contributed by atoms with E-state index in [-0.39, 0.29) is 17.4 Å². The van der Waals surface area contributed by atoms with Gasteiger partial charge in [-0.1, -0.05) is 12.8 Å². The van der Waals surface area contributed by atoms with Gasteiger partial charge in [0.15, 0.2) is 5.96 Å².